The van der Waals surface area contributed by atoms with E-state index in [0.29, 0.717) is 6.04 Å². The van der Waals surface area contributed by atoms with Crippen LogP contribution in [0.4, 0.5) is 0 Å². The number of para-hydroxylation sites is 1. The van der Waals surface area contributed by atoms with Crippen LogP contribution in [0.1, 0.15) is 50.6 Å². The highest BCUT2D eigenvalue weighted by molar-refractivity contribution is 5.82. The first-order chi connectivity index (χ1) is 9.88. The molecule has 1 aromatic heterocycles. The third kappa shape index (κ3) is 2.85. The average molecular weight is 268 g/mol. The van der Waals surface area contributed by atoms with E-state index in [-0.39, 0.29) is 0 Å². The number of aromatic nitrogens is 1. The highest BCUT2D eigenvalue weighted by Gasteiger charge is 2.22. The summed E-state index contributed by atoms with van der Waals surface area (Å²) in [6.07, 6.45) is 8.87. The summed E-state index contributed by atoms with van der Waals surface area (Å²) in [7, 11) is 0. The van der Waals surface area contributed by atoms with E-state index in [4.69, 9.17) is 0 Å². The van der Waals surface area contributed by atoms with Gasteiger partial charge in [-0.25, -0.2) is 0 Å². The second-order valence-electron chi connectivity index (χ2n) is 5.91. The number of hydrogen-bond donors (Lipinski definition) is 1. The highest BCUT2D eigenvalue weighted by atomic mass is 14.9. The Morgan fingerprint density at radius 1 is 1.20 bits per heavy atom. The van der Waals surface area contributed by atoms with Crippen molar-refractivity contribution in [2.75, 3.05) is 6.54 Å². The Morgan fingerprint density at radius 2 is 2.00 bits per heavy atom. The van der Waals surface area contributed by atoms with E-state index in [1.165, 1.54) is 43.1 Å². The molecule has 106 valence electrons. The van der Waals surface area contributed by atoms with Crippen molar-refractivity contribution < 1.29 is 0 Å². The van der Waals surface area contributed by atoms with Crippen LogP contribution in [-0.4, -0.2) is 11.5 Å². The summed E-state index contributed by atoms with van der Waals surface area (Å²) in [6.45, 7) is 3.22. The second-order valence-corrected chi connectivity index (χ2v) is 5.91. The zero-order chi connectivity index (χ0) is 13.8. The van der Waals surface area contributed by atoms with Gasteiger partial charge in [0, 0.05) is 17.6 Å². The zero-order valence-corrected chi connectivity index (χ0v) is 12.3. The van der Waals surface area contributed by atoms with Crippen molar-refractivity contribution >= 4 is 10.9 Å². The molecule has 2 aromatic rings. The van der Waals surface area contributed by atoms with Crippen molar-refractivity contribution in [1.82, 2.24) is 10.3 Å². The van der Waals surface area contributed by atoms with Gasteiger partial charge in [-0.15, -0.1) is 0 Å². The Labute approximate surface area is 121 Å². The Kier molecular flexibility index (Phi) is 4.31. The van der Waals surface area contributed by atoms with Crippen molar-refractivity contribution in [3.05, 3.63) is 42.1 Å². The molecule has 1 heterocycles. The Bertz CT molecular complexity index is 553. The van der Waals surface area contributed by atoms with Gasteiger partial charge in [0.25, 0.3) is 0 Å². The van der Waals surface area contributed by atoms with Crippen LogP contribution < -0.4 is 5.32 Å². The molecule has 1 saturated carbocycles. The SMILES string of the molecule is CCNC(CC1CCCC1)c1ccnc2ccccc12. The van der Waals surface area contributed by atoms with Crippen LogP contribution in [0.2, 0.25) is 0 Å². The number of benzene rings is 1. The minimum atomic E-state index is 0.469. The van der Waals surface area contributed by atoms with Crippen LogP contribution in [0.25, 0.3) is 10.9 Å². The standard InChI is InChI=1S/C18H24N2/c1-2-19-18(13-14-7-3-4-8-14)16-11-12-20-17-10-6-5-9-15(16)17/h5-6,9-12,14,18-19H,2-4,7-8,13H2,1H3. The molecular formula is C18H24N2. The summed E-state index contributed by atoms with van der Waals surface area (Å²) in [5.41, 5.74) is 2.53. The maximum Gasteiger partial charge on any atom is 0.0705 e. The molecule has 0 saturated heterocycles. The van der Waals surface area contributed by atoms with E-state index in [1.807, 2.05) is 6.20 Å². The first kappa shape index (κ1) is 13.6. The number of fused-ring (bicyclic) bond motifs is 1. The van der Waals surface area contributed by atoms with Gasteiger partial charge < -0.3 is 5.32 Å². The van der Waals surface area contributed by atoms with E-state index in [0.717, 1.165) is 18.0 Å². The molecule has 1 unspecified atom stereocenters. The molecule has 2 nitrogen and oxygen atoms in total. The van der Waals surface area contributed by atoms with Crippen LogP contribution in [-0.2, 0) is 0 Å². The van der Waals surface area contributed by atoms with Crippen LogP contribution in [0.15, 0.2) is 36.5 Å². The van der Waals surface area contributed by atoms with Crippen LogP contribution in [0.5, 0.6) is 0 Å². The summed E-state index contributed by atoms with van der Waals surface area (Å²) in [4.78, 5) is 4.49. The molecule has 2 heteroatoms. The van der Waals surface area contributed by atoms with Gasteiger partial charge in [-0.3, -0.25) is 4.98 Å². The molecule has 1 fully saturated rings. The van der Waals surface area contributed by atoms with Crippen molar-refractivity contribution in [3.63, 3.8) is 0 Å². The van der Waals surface area contributed by atoms with Crippen molar-refractivity contribution in [1.29, 1.82) is 0 Å². The number of rotatable bonds is 5. The Balaban J connectivity index is 1.91. The quantitative estimate of drug-likeness (QED) is 0.865. The van der Waals surface area contributed by atoms with Crippen molar-refractivity contribution in [2.45, 2.75) is 45.1 Å². The molecular weight excluding hydrogens is 244 g/mol. The van der Waals surface area contributed by atoms with Gasteiger partial charge in [0.1, 0.15) is 0 Å². The molecule has 0 spiro atoms. The summed E-state index contributed by atoms with van der Waals surface area (Å²) in [5, 5.41) is 4.99. The lowest BCUT2D eigenvalue weighted by Gasteiger charge is -2.23. The van der Waals surface area contributed by atoms with Gasteiger partial charge in [-0.1, -0.05) is 50.8 Å². The fourth-order valence-electron chi connectivity index (χ4n) is 3.57. The van der Waals surface area contributed by atoms with Gasteiger partial charge in [0.2, 0.25) is 0 Å². The van der Waals surface area contributed by atoms with Crippen molar-refractivity contribution in [3.8, 4) is 0 Å². The fourth-order valence-corrected chi connectivity index (χ4v) is 3.57. The minimum absolute atomic E-state index is 0.469. The molecule has 3 rings (SSSR count). The number of hydrogen-bond acceptors (Lipinski definition) is 2. The lowest BCUT2D eigenvalue weighted by molar-refractivity contribution is 0.402. The minimum Gasteiger partial charge on any atom is -0.310 e. The molecule has 0 aliphatic heterocycles. The van der Waals surface area contributed by atoms with Crippen molar-refractivity contribution in [2.24, 2.45) is 5.92 Å². The predicted octanol–water partition coefficient (Wildman–Crippen LogP) is 4.47. The molecule has 0 bridgehead atoms. The maximum absolute atomic E-state index is 4.49. The Morgan fingerprint density at radius 3 is 2.80 bits per heavy atom. The van der Waals surface area contributed by atoms with Crippen LogP contribution in [0.3, 0.4) is 0 Å². The first-order valence-corrected chi connectivity index (χ1v) is 7.95. The van der Waals surface area contributed by atoms with Gasteiger partial charge >= 0.3 is 0 Å². The molecule has 0 radical (unpaired) electrons. The van der Waals surface area contributed by atoms with E-state index >= 15 is 0 Å². The van der Waals surface area contributed by atoms with E-state index in [2.05, 4.69) is 47.6 Å². The van der Waals surface area contributed by atoms with Gasteiger partial charge in [0.15, 0.2) is 0 Å². The molecule has 1 aliphatic rings. The smallest absolute Gasteiger partial charge is 0.0705 e. The van der Waals surface area contributed by atoms with Crippen LogP contribution in [0, 0.1) is 5.92 Å². The average Bonchev–Trinajstić information content (AvgIpc) is 2.99. The highest BCUT2D eigenvalue weighted by Crippen LogP contribution is 2.34. The molecule has 1 N–H and O–H groups in total. The summed E-state index contributed by atoms with van der Waals surface area (Å²) in [5.74, 6) is 0.894. The third-order valence-electron chi connectivity index (χ3n) is 4.55. The monoisotopic (exact) mass is 268 g/mol. The van der Waals surface area contributed by atoms with Gasteiger partial charge in [-0.2, -0.15) is 0 Å². The molecule has 1 aromatic carbocycles. The van der Waals surface area contributed by atoms with Crippen LogP contribution >= 0.6 is 0 Å². The normalized spacial score (nSPS) is 17.6. The predicted molar refractivity (Wildman–Crippen MR) is 84.7 cm³/mol. The lowest BCUT2D eigenvalue weighted by Crippen LogP contribution is -2.23. The maximum atomic E-state index is 4.49. The largest absolute Gasteiger partial charge is 0.310 e. The topological polar surface area (TPSA) is 24.9 Å². The van der Waals surface area contributed by atoms with Gasteiger partial charge in [-0.05, 0) is 36.6 Å². The number of pyridine rings is 1. The fraction of sp³-hybridized carbons (Fsp3) is 0.500. The molecule has 1 atom stereocenters. The number of nitrogens with zero attached hydrogens (tertiary/aromatic N) is 1. The van der Waals surface area contributed by atoms with E-state index in [1.54, 1.807) is 0 Å². The van der Waals surface area contributed by atoms with Gasteiger partial charge in [0.05, 0.1) is 5.52 Å². The lowest BCUT2D eigenvalue weighted by atomic mass is 9.92. The third-order valence-corrected chi connectivity index (χ3v) is 4.55. The van der Waals surface area contributed by atoms with E-state index in [9.17, 15) is 0 Å². The molecule has 20 heavy (non-hydrogen) atoms. The van der Waals surface area contributed by atoms with E-state index < -0.39 is 0 Å². The Hall–Kier alpha value is -1.41. The zero-order valence-electron chi connectivity index (χ0n) is 12.3. The molecule has 0 amide bonds. The number of nitrogens with one attached hydrogen (secondary N) is 1. The molecule has 1 aliphatic carbocycles. The summed E-state index contributed by atoms with van der Waals surface area (Å²) >= 11 is 0. The summed E-state index contributed by atoms with van der Waals surface area (Å²) < 4.78 is 0. The second kappa shape index (κ2) is 6.36. The first-order valence-electron chi connectivity index (χ1n) is 7.95. The summed E-state index contributed by atoms with van der Waals surface area (Å²) in [6, 6.07) is 11.2.